The molecular formula is C12H17N. The van der Waals surface area contributed by atoms with Gasteiger partial charge in [-0.3, -0.25) is 4.90 Å². The van der Waals surface area contributed by atoms with Crippen LogP contribution >= 0.6 is 0 Å². The molecule has 1 aromatic rings. The molecule has 0 saturated carbocycles. The summed E-state index contributed by atoms with van der Waals surface area (Å²) < 4.78 is 0. The lowest BCUT2D eigenvalue weighted by Crippen LogP contribution is -2.33. The number of fused-ring (bicyclic) bond motifs is 1. The lowest BCUT2D eigenvalue weighted by Gasteiger charge is -2.34. The van der Waals surface area contributed by atoms with Crippen LogP contribution in [0.1, 0.15) is 31.0 Å². The van der Waals surface area contributed by atoms with Crippen LogP contribution < -0.4 is 0 Å². The second kappa shape index (κ2) is 3.51. The highest BCUT2D eigenvalue weighted by molar-refractivity contribution is 5.31. The van der Waals surface area contributed by atoms with Crippen LogP contribution in [0.4, 0.5) is 0 Å². The maximum absolute atomic E-state index is 2.53. The van der Waals surface area contributed by atoms with Gasteiger partial charge in [-0.25, -0.2) is 0 Å². The highest BCUT2D eigenvalue weighted by Gasteiger charge is 2.21. The van der Waals surface area contributed by atoms with Crippen LogP contribution in [-0.4, -0.2) is 18.0 Å². The third-order valence-corrected chi connectivity index (χ3v) is 3.13. The number of nitrogens with zero attached hydrogens (tertiary/aromatic N) is 1. The first-order chi connectivity index (χ1) is 6.33. The molecule has 2 rings (SSSR count). The fourth-order valence-electron chi connectivity index (χ4n) is 2.26. The number of rotatable bonds is 1. The third kappa shape index (κ3) is 1.49. The molecule has 1 heteroatoms. The van der Waals surface area contributed by atoms with E-state index in [1.165, 1.54) is 18.5 Å². The van der Waals surface area contributed by atoms with E-state index in [0.717, 1.165) is 6.54 Å². The average Bonchev–Trinajstić information content (AvgIpc) is 2.19. The Hall–Kier alpha value is -0.820. The molecule has 0 unspecified atom stereocenters. The van der Waals surface area contributed by atoms with Crippen molar-refractivity contribution in [3.8, 4) is 0 Å². The Labute approximate surface area is 80.4 Å². The van der Waals surface area contributed by atoms with E-state index in [1.807, 2.05) is 0 Å². The van der Waals surface area contributed by atoms with Crippen molar-refractivity contribution in [2.75, 3.05) is 13.1 Å². The van der Waals surface area contributed by atoms with Gasteiger partial charge in [-0.15, -0.1) is 0 Å². The number of hydrogen-bond donors (Lipinski definition) is 0. The van der Waals surface area contributed by atoms with Crippen molar-refractivity contribution in [2.24, 2.45) is 0 Å². The number of benzene rings is 1. The Morgan fingerprint density at radius 3 is 2.92 bits per heavy atom. The highest BCUT2D eigenvalue weighted by atomic mass is 15.1. The van der Waals surface area contributed by atoms with Crippen LogP contribution in [0.15, 0.2) is 24.3 Å². The van der Waals surface area contributed by atoms with Crippen molar-refractivity contribution in [1.82, 2.24) is 4.90 Å². The van der Waals surface area contributed by atoms with Crippen molar-refractivity contribution in [3.05, 3.63) is 35.4 Å². The Kier molecular flexibility index (Phi) is 2.36. The maximum Gasteiger partial charge on any atom is 0.0322 e. The molecule has 0 aliphatic carbocycles. The van der Waals surface area contributed by atoms with E-state index in [4.69, 9.17) is 0 Å². The summed E-state index contributed by atoms with van der Waals surface area (Å²) in [6, 6.07) is 9.43. The van der Waals surface area contributed by atoms with Crippen LogP contribution in [0.2, 0.25) is 0 Å². The Morgan fingerprint density at radius 2 is 2.15 bits per heavy atom. The minimum Gasteiger partial charge on any atom is -0.297 e. The van der Waals surface area contributed by atoms with Crippen LogP contribution in [0.5, 0.6) is 0 Å². The fraction of sp³-hybridized carbons (Fsp3) is 0.500. The fourth-order valence-corrected chi connectivity index (χ4v) is 2.26. The molecule has 1 aromatic carbocycles. The summed E-state index contributed by atoms with van der Waals surface area (Å²) in [5.41, 5.74) is 3.07. The molecule has 0 amide bonds. The Morgan fingerprint density at radius 1 is 1.38 bits per heavy atom. The molecular weight excluding hydrogens is 158 g/mol. The lowest BCUT2D eigenvalue weighted by atomic mass is 9.94. The van der Waals surface area contributed by atoms with Crippen molar-refractivity contribution in [2.45, 2.75) is 26.3 Å². The third-order valence-electron chi connectivity index (χ3n) is 3.13. The summed E-state index contributed by atoms with van der Waals surface area (Å²) in [6.07, 6.45) is 1.22. The van der Waals surface area contributed by atoms with Crippen molar-refractivity contribution in [1.29, 1.82) is 0 Å². The first kappa shape index (κ1) is 8.76. The molecule has 70 valence electrons. The van der Waals surface area contributed by atoms with Crippen LogP contribution in [0.25, 0.3) is 0 Å². The molecule has 1 aliphatic heterocycles. The van der Waals surface area contributed by atoms with Gasteiger partial charge in [0, 0.05) is 12.6 Å². The van der Waals surface area contributed by atoms with Gasteiger partial charge in [-0.2, -0.15) is 0 Å². The zero-order valence-corrected chi connectivity index (χ0v) is 8.46. The smallest absolute Gasteiger partial charge is 0.0322 e. The summed E-state index contributed by atoms with van der Waals surface area (Å²) in [5, 5.41) is 0. The monoisotopic (exact) mass is 175 g/mol. The zero-order valence-electron chi connectivity index (χ0n) is 8.46. The molecule has 0 fully saturated rings. The van der Waals surface area contributed by atoms with Crippen molar-refractivity contribution in [3.63, 3.8) is 0 Å². The molecule has 1 nitrogen and oxygen atoms in total. The molecule has 1 heterocycles. The maximum atomic E-state index is 2.53. The van der Waals surface area contributed by atoms with Gasteiger partial charge in [0.1, 0.15) is 0 Å². The van der Waals surface area contributed by atoms with Gasteiger partial charge in [-0.05, 0) is 31.0 Å². The quantitative estimate of drug-likeness (QED) is 0.634. The highest BCUT2D eigenvalue weighted by Crippen LogP contribution is 2.28. The molecule has 0 saturated heterocycles. The van der Waals surface area contributed by atoms with E-state index in [2.05, 4.69) is 43.0 Å². The first-order valence-corrected chi connectivity index (χ1v) is 5.14. The van der Waals surface area contributed by atoms with Crippen LogP contribution in [-0.2, 0) is 6.42 Å². The molecule has 0 bridgehead atoms. The van der Waals surface area contributed by atoms with Crippen LogP contribution in [0.3, 0.4) is 0 Å². The van der Waals surface area contributed by atoms with E-state index in [9.17, 15) is 0 Å². The largest absolute Gasteiger partial charge is 0.297 e. The summed E-state index contributed by atoms with van der Waals surface area (Å²) in [5.74, 6) is 0. The second-order valence-electron chi connectivity index (χ2n) is 3.75. The topological polar surface area (TPSA) is 3.24 Å². The molecule has 0 aromatic heterocycles. The van der Waals surface area contributed by atoms with Crippen molar-refractivity contribution < 1.29 is 0 Å². The van der Waals surface area contributed by atoms with Gasteiger partial charge in [0.2, 0.25) is 0 Å². The summed E-state index contributed by atoms with van der Waals surface area (Å²) >= 11 is 0. The average molecular weight is 175 g/mol. The van der Waals surface area contributed by atoms with Crippen molar-refractivity contribution >= 4 is 0 Å². The Bertz CT molecular complexity index is 293. The van der Waals surface area contributed by atoms with Gasteiger partial charge in [0.05, 0.1) is 0 Å². The molecule has 1 aliphatic rings. The van der Waals surface area contributed by atoms with Gasteiger partial charge < -0.3 is 0 Å². The molecule has 13 heavy (non-hydrogen) atoms. The van der Waals surface area contributed by atoms with Crippen LogP contribution in [0, 0.1) is 0 Å². The van der Waals surface area contributed by atoms with Gasteiger partial charge in [-0.1, -0.05) is 31.2 Å². The lowest BCUT2D eigenvalue weighted by molar-refractivity contribution is 0.209. The Balaban J connectivity index is 2.33. The van der Waals surface area contributed by atoms with E-state index in [1.54, 1.807) is 5.56 Å². The minimum absolute atomic E-state index is 0.606. The number of hydrogen-bond acceptors (Lipinski definition) is 1. The van der Waals surface area contributed by atoms with E-state index in [0.29, 0.717) is 6.04 Å². The summed E-state index contributed by atoms with van der Waals surface area (Å²) in [7, 11) is 0. The molecule has 0 radical (unpaired) electrons. The summed E-state index contributed by atoms with van der Waals surface area (Å²) in [4.78, 5) is 2.53. The minimum atomic E-state index is 0.606. The predicted octanol–water partition coefficient (Wildman–Crippen LogP) is 2.63. The van der Waals surface area contributed by atoms with E-state index >= 15 is 0 Å². The standard InChI is InChI=1S/C12H17N/c1-3-13-9-8-11-6-4-5-7-12(11)10(13)2/h4-7,10H,3,8-9H2,1-2H3/t10-/m0/s1. The zero-order chi connectivity index (χ0) is 9.26. The van der Waals surface area contributed by atoms with Gasteiger partial charge in [0.25, 0.3) is 0 Å². The van der Waals surface area contributed by atoms with E-state index in [-0.39, 0.29) is 0 Å². The molecule has 0 N–H and O–H groups in total. The predicted molar refractivity (Wildman–Crippen MR) is 55.8 cm³/mol. The number of likely N-dealkylation sites (N-methyl/N-ethyl adjacent to an activating group) is 1. The first-order valence-electron chi connectivity index (χ1n) is 5.14. The van der Waals surface area contributed by atoms with Gasteiger partial charge in [0.15, 0.2) is 0 Å². The van der Waals surface area contributed by atoms with E-state index < -0.39 is 0 Å². The SMILES string of the molecule is CCN1CCc2ccccc2[C@@H]1C. The second-order valence-corrected chi connectivity index (χ2v) is 3.75. The normalized spacial score (nSPS) is 22.8. The molecule has 1 atom stereocenters. The van der Waals surface area contributed by atoms with Gasteiger partial charge >= 0.3 is 0 Å². The summed E-state index contributed by atoms with van der Waals surface area (Å²) in [6.45, 7) is 6.93. The molecule has 0 spiro atoms.